The van der Waals surface area contributed by atoms with Crippen LogP contribution in [0.1, 0.15) is 36.1 Å². The number of thioether (sulfide) groups is 1. The molecule has 0 saturated heterocycles. The SMILES string of the molecule is CC(C)[C@H](NC(=O)c1ccc(Cl)cc1Cl)c1nc(SCC(N)=O)n[nH]1. The number of rotatable bonds is 7. The van der Waals surface area contributed by atoms with E-state index in [9.17, 15) is 9.59 Å². The van der Waals surface area contributed by atoms with E-state index in [1.807, 2.05) is 13.8 Å². The van der Waals surface area contributed by atoms with Crippen LogP contribution in [0.15, 0.2) is 23.4 Å². The van der Waals surface area contributed by atoms with Gasteiger partial charge in [-0.3, -0.25) is 14.7 Å². The number of amides is 2. The van der Waals surface area contributed by atoms with Gasteiger partial charge in [-0.2, -0.15) is 0 Å². The van der Waals surface area contributed by atoms with Gasteiger partial charge in [-0.25, -0.2) is 4.98 Å². The number of aromatic nitrogens is 3. The highest BCUT2D eigenvalue weighted by molar-refractivity contribution is 7.99. The van der Waals surface area contributed by atoms with Crippen molar-refractivity contribution in [3.63, 3.8) is 0 Å². The molecule has 0 spiro atoms. The number of hydrogen-bond acceptors (Lipinski definition) is 5. The summed E-state index contributed by atoms with van der Waals surface area (Å²) in [6.07, 6.45) is 0. The predicted molar refractivity (Wildman–Crippen MR) is 97.8 cm³/mol. The van der Waals surface area contributed by atoms with Gasteiger partial charge in [0.1, 0.15) is 5.82 Å². The van der Waals surface area contributed by atoms with Gasteiger partial charge in [-0.1, -0.05) is 48.8 Å². The topological polar surface area (TPSA) is 114 Å². The van der Waals surface area contributed by atoms with Gasteiger partial charge in [0, 0.05) is 5.02 Å². The third-order valence-corrected chi connectivity index (χ3v) is 4.67. The minimum absolute atomic E-state index is 0.0389. The fourth-order valence-electron chi connectivity index (χ4n) is 2.04. The van der Waals surface area contributed by atoms with Crippen molar-refractivity contribution in [1.29, 1.82) is 0 Å². The lowest BCUT2D eigenvalue weighted by Gasteiger charge is -2.20. The quantitative estimate of drug-likeness (QED) is 0.617. The van der Waals surface area contributed by atoms with Crippen LogP contribution in [0.2, 0.25) is 10.0 Å². The molecule has 1 aromatic carbocycles. The van der Waals surface area contributed by atoms with E-state index in [0.717, 1.165) is 11.8 Å². The highest BCUT2D eigenvalue weighted by Crippen LogP contribution is 2.24. The maximum absolute atomic E-state index is 12.5. The molecule has 7 nitrogen and oxygen atoms in total. The minimum atomic E-state index is -0.456. The van der Waals surface area contributed by atoms with Gasteiger partial charge >= 0.3 is 0 Å². The summed E-state index contributed by atoms with van der Waals surface area (Å²) >= 11 is 13.1. The Bertz CT molecular complexity index is 781. The molecular weight excluding hydrogens is 385 g/mol. The van der Waals surface area contributed by atoms with E-state index < -0.39 is 11.9 Å². The van der Waals surface area contributed by atoms with Crippen LogP contribution in [-0.2, 0) is 4.79 Å². The number of aromatic amines is 1. The molecule has 0 fully saturated rings. The van der Waals surface area contributed by atoms with Crippen molar-refractivity contribution in [1.82, 2.24) is 20.5 Å². The Labute approximate surface area is 159 Å². The van der Waals surface area contributed by atoms with Crippen molar-refractivity contribution in [2.24, 2.45) is 11.7 Å². The molecule has 1 heterocycles. The molecule has 0 bridgehead atoms. The number of nitrogens with two attached hydrogens (primary N) is 1. The summed E-state index contributed by atoms with van der Waals surface area (Å²) in [5.41, 5.74) is 5.42. The van der Waals surface area contributed by atoms with E-state index in [1.54, 1.807) is 12.1 Å². The zero-order valence-corrected chi connectivity index (χ0v) is 15.9. The number of halogens is 2. The van der Waals surface area contributed by atoms with Gasteiger partial charge in [0.05, 0.1) is 22.4 Å². The molecule has 134 valence electrons. The van der Waals surface area contributed by atoms with E-state index in [4.69, 9.17) is 28.9 Å². The van der Waals surface area contributed by atoms with Crippen LogP contribution >= 0.6 is 35.0 Å². The lowest BCUT2D eigenvalue weighted by molar-refractivity contribution is -0.115. The Morgan fingerprint density at radius 2 is 2.08 bits per heavy atom. The van der Waals surface area contributed by atoms with E-state index in [-0.39, 0.29) is 22.6 Å². The van der Waals surface area contributed by atoms with Crippen LogP contribution in [-0.4, -0.2) is 32.7 Å². The largest absolute Gasteiger partial charge is 0.369 e. The number of nitrogens with one attached hydrogen (secondary N) is 2. The molecule has 0 aliphatic heterocycles. The lowest BCUT2D eigenvalue weighted by atomic mass is 10.0. The maximum Gasteiger partial charge on any atom is 0.253 e. The summed E-state index contributed by atoms with van der Waals surface area (Å²) in [5, 5.41) is 10.8. The smallest absolute Gasteiger partial charge is 0.253 e. The Hall–Kier alpha value is -1.77. The standard InChI is InChI=1S/C15H17Cl2N5O2S/c1-7(2)12(13-20-15(22-21-13)25-6-11(18)23)19-14(24)9-4-3-8(16)5-10(9)17/h3-5,7,12H,6H2,1-2H3,(H2,18,23)(H,19,24)(H,20,21,22)/t12-/m0/s1. The normalized spacial score (nSPS) is 12.2. The molecule has 2 amide bonds. The van der Waals surface area contributed by atoms with Gasteiger partial charge in [0.15, 0.2) is 0 Å². The van der Waals surface area contributed by atoms with Crippen molar-refractivity contribution in [3.8, 4) is 0 Å². The first-order valence-electron chi connectivity index (χ1n) is 7.37. The molecule has 0 aliphatic rings. The zero-order chi connectivity index (χ0) is 18.6. The highest BCUT2D eigenvalue weighted by Gasteiger charge is 2.24. The molecule has 25 heavy (non-hydrogen) atoms. The third kappa shape index (κ3) is 5.35. The van der Waals surface area contributed by atoms with Crippen LogP contribution in [0.5, 0.6) is 0 Å². The fourth-order valence-corrected chi connectivity index (χ4v) is 3.08. The fraction of sp³-hybridized carbons (Fsp3) is 0.333. The van der Waals surface area contributed by atoms with Gasteiger partial charge in [-0.15, -0.1) is 5.10 Å². The third-order valence-electron chi connectivity index (χ3n) is 3.25. The maximum atomic E-state index is 12.5. The van der Waals surface area contributed by atoms with Crippen molar-refractivity contribution in [3.05, 3.63) is 39.6 Å². The monoisotopic (exact) mass is 401 g/mol. The molecule has 0 radical (unpaired) electrons. The summed E-state index contributed by atoms with van der Waals surface area (Å²) in [7, 11) is 0. The second-order valence-corrected chi connectivity index (χ2v) is 7.36. The second-order valence-electron chi connectivity index (χ2n) is 5.58. The lowest BCUT2D eigenvalue weighted by Crippen LogP contribution is -2.32. The van der Waals surface area contributed by atoms with Crippen molar-refractivity contribution >= 4 is 46.8 Å². The Kier molecular flexibility index (Phi) is 6.69. The molecule has 2 aromatic rings. The summed E-state index contributed by atoms with van der Waals surface area (Å²) < 4.78 is 0. The van der Waals surface area contributed by atoms with Crippen LogP contribution < -0.4 is 11.1 Å². The average Bonchev–Trinajstić information content (AvgIpc) is 2.98. The molecule has 0 unspecified atom stereocenters. The first kappa shape index (κ1) is 19.6. The molecule has 0 saturated carbocycles. The number of H-pyrrole nitrogens is 1. The molecule has 0 aliphatic carbocycles. The summed E-state index contributed by atoms with van der Waals surface area (Å²) in [4.78, 5) is 27.7. The van der Waals surface area contributed by atoms with Crippen LogP contribution in [0, 0.1) is 5.92 Å². The van der Waals surface area contributed by atoms with Gasteiger partial charge in [-0.05, 0) is 24.1 Å². The number of carbonyl (C=O) groups is 2. The van der Waals surface area contributed by atoms with E-state index in [2.05, 4.69) is 20.5 Å². The van der Waals surface area contributed by atoms with Crippen LogP contribution in [0.4, 0.5) is 0 Å². The van der Waals surface area contributed by atoms with Crippen molar-refractivity contribution in [2.45, 2.75) is 25.0 Å². The van der Waals surface area contributed by atoms with Gasteiger partial charge < -0.3 is 11.1 Å². The van der Waals surface area contributed by atoms with Crippen LogP contribution in [0.25, 0.3) is 0 Å². The number of nitrogens with zero attached hydrogens (tertiary/aromatic N) is 2. The first-order valence-corrected chi connectivity index (χ1v) is 9.11. The second kappa shape index (κ2) is 8.55. The Morgan fingerprint density at radius 3 is 2.68 bits per heavy atom. The minimum Gasteiger partial charge on any atom is -0.369 e. The van der Waals surface area contributed by atoms with Gasteiger partial charge in [0.2, 0.25) is 11.1 Å². The van der Waals surface area contributed by atoms with E-state index >= 15 is 0 Å². The summed E-state index contributed by atoms with van der Waals surface area (Å²) in [6, 6.07) is 4.26. The molecule has 1 atom stereocenters. The first-order chi connectivity index (χ1) is 11.8. The summed E-state index contributed by atoms with van der Waals surface area (Å²) in [5.74, 6) is -0.195. The number of hydrogen-bond donors (Lipinski definition) is 3. The van der Waals surface area contributed by atoms with Crippen LogP contribution in [0.3, 0.4) is 0 Å². The zero-order valence-electron chi connectivity index (χ0n) is 13.5. The average molecular weight is 402 g/mol. The highest BCUT2D eigenvalue weighted by atomic mass is 35.5. The molecule has 1 aromatic heterocycles. The van der Waals surface area contributed by atoms with E-state index in [0.29, 0.717) is 21.6 Å². The van der Waals surface area contributed by atoms with Crippen molar-refractivity contribution < 1.29 is 9.59 Å². The Balaban J connectivity index is 2.15. The molecule has 4 N–H and O–H groups in total. The molecule has 2 rings (SSSR count). The van der Waals surface area contributed by atoms with Crippen molar-refractivity contribution in [2.75, 3.05) is 5.75 Å². The number of carbonyl (C=O) groups excluding carboxylic acids is 2. The summed E-state index contributed by atoms with van der Waals surface area (Å²) in [6.45, 7) is 3.88. The molecule has 10 heteroatoms. The Morgan fingerprint density at radius 1 is 1.36 bits per heavy atom. The number of primary amides is 1. The van der Waals surface area contributed by atoms with Gasteiger partial charge in [0.25, 0.3) is 5.91 Å². The molecular formula is C15H17Cl2N5O2S. The predicted octanol–water partition coefficient (Wildman–Crippen LogP) is 2.82. The van der Waals surface area contributed by atoms with E-state index in [1.165, 1.54) is 6.07 Å². The number of benzene rings is 1.